The van der Waals surface area contributed by atoms with Crippen molar-refractivity contribution in [3.63, 3.8) is 0 Å². The zero-order valence-electron chi connectivity index (χ0n) is 25.0. The summed E-state index contributed by atoms with van der Waals surface area (Å²) in [6, 6.07) is 0. The maximum Gasteiger partial charge on any atom is 0.420 e. The fraction of sp³-hybridized carbons (Fsp3) is 0.758. The minimum atomic E-state index is -4.74. The van der Waals surface area contributed by atoms with Crippen molar-refractivity contribution >= 4 is 0 Å². The standard InChI is InChI=1S/C33H51F3O4/c1-22-24(20-25(37)21-27(22)38)12-11-23-10-7-18-31(5)26(23)13-14-28(31)30(4,16-8-15-29(2,3)39)17-9-19-32(6,40)33(34,35)36/h9,11-12,19,25-28,37-40H,1,7-8,10,13-18,20-21H2,2-6H3/b19-9+,23-11+,24-12-/t25?,26?,27-,28?,30-,31-,32?/m0/s1. The first-order chi connectivity index (χ1) is 18.3. The second-order valence-electron chi connectivity index (χ2n) is 14.2. The molecule has 3 rings (SSSR count). The van der Waals surface area contributed by atoms with E-state index < -0.39 is 29.6 Å². The molecule has 0 aromatic heterocycles. The van der Waals surface area contributed by atoms with Crippen LogP contribution in [0.2, 0.25) is 0 Å². The van der Waals surface area contributed by atoms with Gasteiger partial charge in [0.2, 0.25) is 0 Å². The molecule has 3 aliphatic carbocycles. The van der Waals surface area contributed by atoms with Crippen LogP contribution in [0.5, 0.6) is 0 Å². The lowest BCUT2D eigenvalue weighted by Gasteiger charge is -2.49. The lowest BCUT2D eigenvalue weighted by atomic mass is 9.55. The molecule has 0 aromatic rings. The van der Waals surface area contributed by atoms with E-state index in [2.05, 4.69) is 26.5 Å². The summed E-state index contributed by atoms with van der Waals surface area (Å²) in [6.07, 6.45) is 8.99. The SMILES string of the molecule is C=C1/C(=C\C=C2/CCC[C@@]3(C)C2CCC3[C@](C)(C/C=C/C(C)(O)C(F)(F)F)CCCC(C)(C)O)CC(O)C[C@@H]1O. The molecule has 0 bridgehead atoms. The molecule has 0 saturated heterocycles. The zero-order chi connectivity index (χ0) is 30.1. The van der Waals surface area contributed by atoms with Crippen LogP contribution in [0.15, 0.2) is 47.6 Å². The van der Waals surface area contributed by atoms with Gasteiger partial charge >= 0.3 is 6.18 Å². The third-order valence-electron chi connectivity index (χ3n) is 10.2. The number of hydrogen-bond acceptors (Lipinski definition) is 4. The third kappa shape index (κ3) is 7.50. The van der Waals surface area contributed by atoms with Crippen molar-refractivity contribution in [2.24, 2.45) is 22.7 Å². The van der Waals surface area contributed by atoms with Crippen LogP contribution in [0.3, 0.4) is 0 Å². The molecule has 0 amide bonds. The summed E-state index contributed by atoms with van der Waals surface area (Å²) >= 11 is 0. The molecule has 3 aliphatic rings. The molecule has 4 unspecified atom stereocenters. The molecule has 3 saturated carbocycles. The van der Waals surface area contributed by atoms with Gasteiger partial charge in [-0.05, 0) is 118 Å². The smallest absolute Gasteiger partial charge is 0.393 e. The van der Waals surface area contributed by atoms with Gasteiger partial charge in [-0.25, -0.2) is 0 Å². The van der Waals surface area contributed by atoms with Crippen LogP contribution >= 0.6 is 0 Å². The Morgan fingerprint density at radius 3 is 2.33 bits per heavy atom. The molecular formula is C33H51F3O4. The molecule has 0 spiro atoms. The fourth-order valence-corrected chi connectivity index (χ4v) is 7.85. The van der Waals surface area contributed by atoms with E-state index in [1.54, 1.807) is 13.8 Å². The Labute approximate surface area is 238 Å². The van der Waals surface area contributed by atoms with Crippen LogP contribution in [0.4, 0.5) is 13.2 Å². The molecule has 3 fully saturated rings. The predicted octanol–water partition coefficient (Wildman–Crippen LogP) is 7.33. The average molecular weight is 569 g/mol. The molecule has 0 radical (unpaired) electrons. The summed E-state index contributed by atoms with van der Waals surface area (Å²) in [5.41, 5.74) is -1.07. The number of allylic oxidation sites excluding steroid dienone is 4. The van der Waals surface area contributed by atoms with Crippen LogP contribution in [-0.2, 0) is 0 Å². The largest absolute Gasteiger partial charge is 0.420 e. The third-order valence-corrected chi connectivity index (χ3v) is 10.2. The van der Waals surface area contributed by atoms with Crippen molar-refractivity contribution in [2.75, 3.05) is 0 Å². The highest BCUT2D eigenvalue weighted by molar-refractivity contribution is 5.38. The predicted molar refractivity (Wildman–Crippen MR) is 153 cm³/mol. The number of halogens is 3. The quantitative estimate of drug-likeness (QED) is 0.220. The van der Waals surface area contributed by atoms with Crippen molar-refractivity contribution in [3.8, 4) is 0 Å². The maximum absolute atomic E-state index is 13.3. The van der Waals surface area contributed by atoms with E-state index in [-0.39, 0.29) is 16.7 Å². The summed E-state index contributed by atoms with van der Waals surface area (Å²) in [4.78, 5) is 0. The van der Waals surface area contributed by atoms with Gasteiger partial charge in [-0.2, -0.15) is 13.2 Å². The first kappa shape index (κ1) is 33.1. The summed E-state index contributed by atoms with van der Waals surface area (Å²) in [7, 11) is 0. The van der Waals surface area contributed by atoms with Gasteiger partial charge in [-0.15, -0.1) is 0 Å². The topological polar surface area (TPSA) is 80.9 Å². The highest BCUT2D eigenvalue weighted by atomic mass is 19.4. The normalized spacial score (nSPS) is 35.2. The van der Waals surface area contributed by atoms with Crippen molar-refractivity contribution in [2.45, 2.75) is 135 Å². The van der Waals surface area contributed by atoms with Gasteiger partial charge < -0.3 is 20.4 Å². The number of rotatable bonds is 9. The van der Waals surface area contributed by atoms with Crippen molar-refractivity contribution in [3.05, 3.63) is 47.6 Å². The first-order valence-corrected chi connectivity index (χ1v) is 14.9. The van der Waals surface area contributed by atoms with Crippen LogP contribution in [-0.4, -0.2) is 50.0 Å². The van der Waals surface area contributed by atoms with Crippen molar-refractivity contribution in [1.82, 2.24) is 0 Å². The van der Waals surface area contributed by atoms with Crippen LogP contribution in [0.1, 0.15) is 105 Å². The van der Waals surface area contributed by atoms with Gasteiger partial charge in [-0.3, -0.25) is 0 Å². The van der Waals surface area contributed by atoms with Gasteiger partial charge in [0.25, 0.3) is 0 Å². The number of alkyl halides is 3. The number of aliphatic hydroxyl groups excluding tert-OH is 2. The summed E-state index contributed by atoms with van der Waals surface area (Å²) in [6.45, 7) is 12.9. The molecule has 4 nitrogen and oxygen atoms in total. The molecule has 228 valence electrons. The Hall–Kier alpha value is -1.41. The van der Waals surface area contributed by atoms with E-state index in [0.717, 1.165) is 63.5 Å². The Kier molecular flexibility index (Phi) is 9.98. The maximum atomic E-state index is 13.3. The lowest BCUT2D eigenvalue weighted by molar-refractivity contribution is -0.232. The van der Waals surface area contributed by atoms with Gasteiger partial charge in [0.05, 0.1) is 17.8 Å². The highest BCUT2D eigenvalue weighted by Gasteiger charge is 2.55. The van der Waals surface area contributed by atoms with Crippen molar-refractivity contribution in [1.29, 1.82) is 0 Å². The monoisotopic (exact) mass is 568 g/mol. The Morgan fingerprint density at radius 2 is 1.70 bits per heavy atom. The molecule has 4 N–H and O–H groups in total. The lowest BCUT2D eigenvalue weighted by Crippen LogP contribution is -2.42. The minimum absolute atomic E-state index is 0.0188. The molecule has 40 heavy (non-hydrogen) atoms. The number of hydrogen-bond donors (Lipinski definition) is 4. The van der Waals surface area contributed by atoms with Crippen molar-refractivity contribution < 1.29 is 33.6 Å². The highest BCUT2D eigenvalue weighted by Crippen LogP contribution is 2.63. The second-order valence-corrected chi connectivity index (χ2v) is 14.2. The van der Waals surface area contributed by atoms with E-state index in [9.17, 15) is 33.6 Å². The molecule has 0 aromatic carbocycles. The second kappa shape index (κ2) is 12.1. The Balaban J connectivity index is 1.88. The summed E-state index contributed by atoms with van der Waals surface area (Å²) in [5, 5.41) is 40.7. The van der Waals surface area contributed by atoms with Gasteiger partial charge in [0.15, 0.2) is 5.60 Å². The van der Waals surface area contributed by atoms with Crippen LogP contribution in [0.25, 0.3) is 0 Å². The van der Waals surface area contributed by atoms with Gasteiger partial charge in [-0.1, -0.05) is 50.6 Å². The van der Waals surface area contributed by atoms with Crippen LogP contribution < -0.4 is 0 Å². The van der Waals surface area contributed by atoms with E-state index in [0.29, 0.717) is 37.2 Å². The van der Waals surface area contributed by atoms with Gasteiger partial charge in [0.1, 0.15) is 0 Å². The van der Waals surface area contributed by atoms with E-state index in [4.69, 9.17) is 0 Å². The molecular weight excluding hydrogens is 517 g/mol. The van der Waals surface area contributed by atoms with E-state index in [1.807, 2.05) is 6.08 Å². The van der Waals surface area contributed by atoms with Crippen LogP contribution in [0, 0.1) is 22.7 Å². The summed E-state index contributed by atoms with van der Waals surface area (Å²) < 4.78 is 39.9. The molecule has 0 heterocycles. The first-order valence-electron chi connectivity index (χ1n) is 14.9. The zero-order valence-corrected chi connectivity index (χ0v) is 25.0. The Morgan fingerprint density at radius 1 is 1.02 bits per heavy atom. The van der Waals surface area contributed by atoms with E-state index in [1.165, 1.54) is 11.6 Å². The van der Waals surface area contributed by atoms with Gasteiger partial charge in [0, 0.05) is 6.42 Å². The van der Waals surface area contributed by atoms with E-state index >= 15 is 0 Å². The molecule has 7 heteroatoms. The average Bonchev–Trinajstić information content (AvgIpc) is 3.17. The number of fused-ring (bicyclic) bond motifs is 1. The molecule has 7 atom stereocenters. The summed E-state index contributed by atoms with van der Waals surface area (Å²) in [5.74, 6) is 0.627. The molecule has 0 aliphatic heterocycles. The number of aliphatic hydroxyl groups is 4. The minimum Gasteiger partial charge on any atom is -0.393 e. The Bertz CT molecular complexity index is 1000. The fourth-order valence-electron chi connectivity index (χ4n) is 7.85.